The molecular formula is C24H23ClN4OS. The van der Waals surface area contributed by atoms with Crippen LogP contribution in [0.1, 0.15) is 28.1 Å². The molecule has 1 aliphatic carbocycles. The van der Waals surface area contributed by atoms with Gasteiger partial charge in [-0.05, 0) is 55.0 Å². The van der Waals surface area contributed by atoms with E-state index < -0.39 is 0 Å². The van der Waals surface area contributed by atoms with Crippen molar-refractivity contribution < 1.29 is 0 Å². The minimum atomic E-state index is 0.0643. The second-order valence-electron chi connectivity index (χ2n) is 7.91. The van der Waals surface area contributed by atoms with Gasteiger partial charge in [0.1, 0.15) is 4.83 Å². The zero-order chi connectivity index (χ0) is 21.2. The van der Waals surface area contributed by atoms with Crippen LogP contribution < -0.4 is 10.9 Å². The van der Waals surface area contributed by atoms with Crippen molar-refractivity contribution in [1.82, 2.24) is 19.9 Å². The van der Waals surface area contributed by atoms with Crippen molar-refractivity contribution in [3.8, 4) is 0 Å². The van der Waals surface area contributed by atoms with Gasteiger partial charge in [0, 0.05) is 35.2 Å². The lowest BCUT2D eigenvalue weighted by Crippen LogP contribution is -2.34. The average molecular weight is 451 g/mol. The van der Waals surface area contributed by atoms with Crippen molar-refractivity contribution in [2.24, 2.45) is 0 Å². The molecule has 0 unspecified atom stereocenters. The highest BCUT2D eigenvalue weighted by molar-refractivity contribution is 7.18. The van der Waals surface area contributed by atoms with Crippen molar-refractivity contribution in [3.05, 3.63) is 92.1 Å². The van der Waals surface area contributed by atoms with Crippen molar-refractivity contribution in [2.75, 3.05) is 0 Å². The van der Waals surface area contributed by atoms with Crippen molar-refractivity contribution in [3.63, 3.8) is 0 Å². The summed E-state index contributed by atoms with van der Waals surface area (Å²) in [5.74, 6) is 0. The smallest absolute Gasteiger partial charge is 0.262 e. The summed E-state index contributed by atoms with van der Waals surface area (Å²) in [6, 6.07) is 14.2. The maximum absolute atomic E-state index is 13.2. The van der Waals surface area contributed by atoms with Gasteiger partial charge in [-0.3, -0.25) is 14.3 Å². The fourth-order valence-corrected chi connectivity index (χ4v) is 5.72. The summed E-state index contributed by atoms with van der Waals surface area (Å²) in [7, 11) is 0. The quantitative estimate of drug-likeness (QED) is 0.473. The lowest BCUT2D eigenvalue weighted by molar-refractivity contribution is 0.459. The minimum Gasteiger partial charge on any atom is -0.308 e. The van der Waals surface area contributed by atoms with Crippen molar-refractivity contribution >= 4 is 33.2 Å². The predicted octanol–water partition coefficient (Wildman–Crippen LogP) is 4.40. The maximum Gasteiger partial charge on any atom is 0.262 e. The first-order valence-electron chi connectivity index (χ1n) is 10.6. The number of pyridine rings is 1. The zero-order valence-electron chi connectivity index (χ0n) is 17.1. The molecule has 0 spiro atoms. The summed E-state index contributed by atoms with van der Waals surface area (Å²) in [4.78, 5) is 24.4. The van der Waals surface area contributed by atoms with Crippen LogP contribution in [0.25, 0.3) is 10.2 Å². The third-order valence-corrected chi connectivity index (χ3v) is 7.44. The highest BCUT2D eigenvalue weighted by Gasteiger charge is 2.25. The monoisotopic (exact) mass is 450 g/mol. The fourth-order valence-electron chi connectivity index (χ4n) is 4.23. The maximum atomic E-state index is 13.2. The molecule has 4 aromatic rings. The number of rotatable bonds is 6. The van der Waals surface area contributed by atoms with Gasteiger partial charge >= 0.3 is 0 Å². The summed E-state index contributed by atoms with van der Waals surface area (Å²) in [6.45, 7) is 1.34. The standard InChI is InChI=1S/C24H23ClN4OS/c25-20-7-2-1-5-16(20)10-12-29-15-28-23-22(24(29)30)19-9-8-17(13-21(19)31-23)27-14-18-6-3-4-11-26-18/h1-7,11,15,17,27H,8-10,12-14H2/t17-/m0/s1. The van der Waals surface area contributed by atoms with E-state index >= 15 is 0 Å². The molecule has 1 N–H and O–H groups in total. The Kier molecular flexibility index (Phi) is 5.85. The Morgan fingerprint density at radius 3 is 2.87 bits per heavy atom. The number of benzene rings is 1. The van der Waals surface area contributed by atoms with Crippen LogP contribution in [-0.2, 0) is 32.4 Å². The molecule has 1 aliphatic rings. The van der Waals surface area contributed by atoms with Crippen molar-refractivity contribution in [2.45, 2.75) is 44.8 Å². The second-order valence-corrected chi connectivity index (χ2v) is 9.40. The van der Waals surface area contributed by atoms with Crippen LogP contribution in [0.4, 0.5) is 0 Å². The Bertz CT molecular complexity index is 1270. The van der Waals surface area contributed by atoms with E-state index in [0.717, 1.165) is 52.3 Å². The molecule has 0 saturated carbocycles. The van der Waals surface area contributed by atoms with Crippen LogP contribution in [0.5, 0.6) is 0 Å². The third kappa shape index (κ3) is 4.28. The summed E-state index contributed by atoms with van der Waals surface area (Å²) < 4.78 is 1.73. The van der Waals surface area contributed by atoms with Gasteiger partial charge in [0.2, 0.25) is 0 Å². The Hall–Kier alpha value is -2.54. The van der Waals surface area contributed by atoms with Gasteiger partial charge in [-0.2, -0.15) is 0 Å². The van der Waals surface area contributed by atoms with E-state index in [4.69, 9.17) is 11.6 Å². The molecule has 1 atom stereocenters. The van der Waals surface area contributed by atoms with Gasteiger partial charge in [-0.15, -0.1) is 11.3 Å². The molecule has 0 bridgehead atoms. The summed E-state index contributed by atoms with van der Waals surface area (Å²) in [5.41, 5.74) is 3.35. The van der Waals surface area contributed by atoms with Gasteiger partial charge in [0.25, 0.3) is 5.56 Å². The molecule has 0 saturated heterocycles. The largest absolute Gasteiger partial charge is 0.308 e. The van der Waals surface area contributed by atoms with Gasteiger partial charge < -0.3 is 5.32 Å². The van der Waals surface area contributed by atoms with Crippen molar-refractivity contribution in [1.29, 1.82) is 0 Å². The first kappa shape index (κ1) is 20.4. The van der Waals surface area contributed by atoms with Gasteiger partial charge in [-0.1, -0.05) is 35.9 Å². The van der Waals surface area contributed by atoms with Crippen LogP contribution in [0.2, 0.25) is 5.02 Å². The molecule has 0 amide bonds. The number of thiophene rings is 1. The highest BCUT2D eigenvalue weighted by atomic mass is 35.5. The van der Waals surface area contributed by atoms with E-state index in [0.29, 0.717) is 19.0 Å². The number of halogens is 1. The Morgan fingerprint density at radius 2 is 2.03 bits per heavy atom. The lowest BCUT2D eigenvalue weighted by Gasteiger charge is -2.23. The molecule has 31 heavy (non-hydrogen) atoms. The molecule has 0 radical (unpaired) electrons. The van der Waals surface area contributed by atoms with E-state index in [1.807, 2.05) is 48.7 Å². The molecule has 1 aromatic carbocycles. The SMILES string of the molecule is O=c1c2c3c(sc2ncn1CCc1ccccc1Cl)C[C@@H](NCc1ccccn1)CC3. The van der Waals surface area contributed by atoms with E-state index in [-0.39, 0.29) is 5.56 Å². The molecular weight excluding hydrogens is 428 g/mol. The van der Waals surface area contributed by atoms with E-state index in [1.54, 1.807) is 22.2 Å². The van der Waals surface area contributed by atoms with Crippen LogP contribution in [0.15, 0.2) is 59.8 Å². The second kappa shape index (κ2) is 8.91. The van der Waals surface area contributed by atoms with Gasteiger partial charge in [-0.25, -0.2) is 4.98 Å². The normalized spacial score (nSPS) is 15.8. The fraction of sp³-hybridized carbons (Fsp3) is 0.292. The minimum absolute atomic E-state index is 0.0643. The summed E-state index contributed by atoms with van der Waals surface area (Å²) >= 11 is 7.93. The number of hydrogen-bond donors (Lipinski definition) is 1. The van der Waals surface area contributed by atoms with Gasteiger partial charge in [0.15, 0.2) is 0 Å². The first-order chi connectivity index (χ1) is 15.2. The van der Waals surface area contributed by atoms with Gasteiger partial charge in [0.05, 0.1) is 17.4 Å². The summed E-state index contributed by atoms with van der Waals surface area (Å²) in [5, 5.41) is 5.17. The number of hydrogen-bond acceptors (Lipinski definition) is 5. The molecule has 0 aliphatic heterocycles. The first-order valence-corrected chi connectivity index (χ1v) is 11.7. The topological polar surface area (TPSA) is 59.8 Å². The number of aryl methyl sites for hydroxylation is 3. The molecule has 158 valence electrons. The summed E-state index contributed by atoms with van der Waals surface area (Å²) in [6.07, 6.45) is 7.06. The van der Waals surface area contributed by atoms with Crippen LogP contribution in [-0.4, -0.2) is 20.6 Å². The molecule has 5 nitrogen and oxygen atoms in total. The predicted molar refractivity (Wildman–Crippen MR) is 126 cm³/mol. The van der Waals surface area contributed by atoms with Crippen LogP contribution >= 0.6 is 22.9 Å². The third-order valence-electron chi connectivity index (χ3n) is 5.91. The molecule has 3 heterocycles. The lowest BCUT2D eigenvalue weighted by atomic mass is 9.93. The Labute approximate surface area is 189 Å². The molecule has 5 rings (SSSR count). The Morgan fingerprint density at radius 1 is 1.16 bits per heavy atom. The number of fused-ring (bicyclic) bond motifs is 3. The zero-order valence-corrected chi connectivity index (χ0v) is 18.6. The van der Waals surface area contributed by atoms with Crippen LogP contribution in [0, 0.1) is 0 Å². The van der Waals surface area contributed by atoms with E-state index in [2.05, 4.69) is 15.3 Å². The number of nitrogens with one attached hydrogen (secondary N) is 1. The molecule has 0 fully saturated rings. The highest BCUT2D eigenvalue weighted by Crippen LogP contribution is 2.33. The number of nitrogens with zero attached hydrogens (tertiary/aromatic N) is 3. The molecule has 3 aromatic heterocycles. The van der Waals surface area contributed by atoms with E-state index in [1.165, 1.54) is 10.4 Å². The number of aromatic nitrogens is 3. The average Bonchev–Trinajstić information content (AvgIpc) is 3.17. The van der Waals surface area contributed by atoms with Crippen LogP contribution in [0.3, 0.4) is 0 Å². The van der Waals surface area contributed by atoms with E-state index in [9.17, 15) is 4.79 Å². The molecule has 7 heteroatoms. The Balaban J connectivity index is 1.33.